The molecular weight excluding hydrogens is 458 g/mol. The second-order valence-corrected chi connectivity index (χ2v) is 9.84. The van der Waals surface area contributed by atoms with E-state index in [0.29, 0.717) is 22.2 Å². The van der Waals surface area contributed by atoms with E-state index >= 15 is 0 Å². The van der Waals surface area contributed by atoms with Crippen LogP contribution >= 0.6 is 22.9 Å². The van der Waals surface area contributed by atoms with Crippen LogP contribution in [0.25, 0.3) is 11.1 Å². The van der Waals surface area contributed by atoms with Gasteiger partial charge in [-0.2, -0.15) is 0 Å². The van der Waals surface area contributed by atoms with E-state index in [2.05, 4.69) is 65.9 Å². The van der Waals surface area contributed by atoms with Gasteiger partial charge in [-0.3, -0.25) is 4.79 Å². The molecule has 6 nitrogen and oxygen atoms in total. The van der Waals surface area contributed by atoms with Crippen molar-refractivity contribution in [1.29, 1.82) is 0 Å². The maximum absolute atomic E-state index is 12.2. The first-order valence-electron chi connectivity index (χ1n) is 10.6. The predicted octanol–water partition coefficient (Wildman–Crippen LogP) is 5.06. The zero-order valence-corrected chi connectivity index (χ0v) is 20.4. The van der Waals surface area contributed by atoms with Gasteiger partial charge in [0.2, 0.25) is 0 Å². The normalized spacial score (nSPS) is 15.3. The molecule has 0 aliphatic carbocycles. The van der Waals surface area contributed by atoms with Crippen molar-refractivity contribution in [1.82, 2.24) is 10.2 Å². The third-order valence-corrected chi connectivity index (χ3v) is 6.58. The summed E-state index contributed by atoms with van der Waals surface area (Å²) in [5.74, 6) is 0.681. The molecule has 2 heterocycles. The highest BCUT2D eigenvalue weighted by Crippen LogP contribution is 2.30. The van der Waals surface area contributed by atoms with Crippen LogP contribution < -0.4 is 10.1 Å². The molecule has 0 bridgehead atoms. The molecule has 0 radical (unpaired) electrons. The van der Waals surface area contributed by atoms with E-state index in [9.17, 15) is 4.79 Å². The summed E-state index contributed by atoms with van der Waals surface area (Å²) in [5.41, 5.74) is 5.38. The Kier molecular flexibility index (Phi) is 7.33. The highest BCUT2D eigenvalue weighted by Gasteiger charge is 2.23. The van der Waals surface area contributed by atoms with Crippen LogP contribution in [0.1, 0.15) is 27.2 Å². The molecule has 172 valence electrons. The van der Waals surface area contributed by atoms with E-state index in [1.807, 2.05) is 6.07 Å². The van der Waals surface area contributed by atoms with Crippen molar-refractivity contribution in [2.24, 2.45) is 5.16 Å². The number of nitrogens with zero attached hydrogens (tertiary/aromatic N) is 2. The first-order valence-corrected chi connectivity index (χ1v) is 11.8. The summed E-state index contributed by atoms with van der Waals surface area (Å²) in [5, 5.41) is 7.14. The lowest BCUT2D eigenvalue weighted by molar-refractivity contribution is 0.0755. The molecule has 0 fully saturated rings. The van der Waals surface area contributed by atoms with Gasteiger partial charge in [-0.05, 0) is 60.6 Å². The maximum Gasteiger partial charge on any atom is 0.261 e. The maximum atomic E-state index is 12.2. The summed E-state index contributed by atoms with van der Waals surface area (Å²) < 4.78 is 6.03. The number of rotatable bonds is 8. The summed E-state index contributed by atoms with van der Waals surface area (Å²) in [6, 6.07) is 17.9. The van der Waals surface area contributed by atoms with Crippen molar-refractivity contribution in [3.8, 4) is 16.9 Å². The molecule has 1 atom stereocenters. The molecule has 1 amide bonds. The Hall–Kier alpha value is -2.87. The fourth-order valence-corrected chi connectivity index (χ4v) is 4.67. The summed E-state index contributed by atoms with van der Waals surface area (Å²) in [4.78, 5) is 20.5. The van der Waals surface area contributed by atoms with Crippen molar-refractivity contribution in [2.75, 3.05) is 27.7 Å². The second kappa shape index (κ2) is 10.4. The van der Waals surface area contributed by atoms with Gasteiger partial charge < -0.3 is 19.8 Å². The molecular formula is C25H26ClN3O3S. The third kappa shape index (κ3) is 5.74. The van der Waals surface area contributed by atoms with Gasteiger partial charge >= 0.3 is 0 Å². The van der Waals surface area contributed by atoms with Crippen molar-refractivity contribution in [3.63, 3.8) is 0 Å². The summed E-state index contributed by atoms with van der Waals surface area (Å²) >= 11 is 7.16. The fraction of sp³-hybridized carbons (Fsp3) is 0.280. The highest BCUT2D eigenvalue weighted by molar-refractivity contribution is 7.18. The Bertz CT molecular complexity index is 1160. The average molecular weight is 484 g/mol. The van der Waals surface area contributed by atoms with E-state index in [4.69, 9.17) is 21.2 Å². The molecule has 1 aromatic heterocycles. The number of carbonyl (C=O) groups is 1. The number of hydrogen-bond donors (Lipinski definition) is 1. The number of halogens is 1. The SMILES string of the molecule is COc1ccc(CN(C)C)c(-c2ccc(C3=NOC(CNC(=O)c4ccc(Cl)s4)C3)cc2)c1. The molecule has 2 aromatic carbocycles. The van der Waals surface area contributed by atoms with Crippen molar-refractivity contribution < 1.29 is 14.4 Å². The molecule has 8 heteroatoms. The molecule has 4 rings (SSSR count). The molecule has 1 aliphatic heterocycles. The number of ether oxygens (including phenoxy) is 1. The van der Waals surface area contributed by atoms with Crippen molar-refractivity contribution >= 4 is 34.6 Å². The fourth-order valence-electron chi connectivity index (χ4n) is 3.71. The Balaban J connectivity index is 1.40. The lowest BCUT2D eigenvalue weighted by Gasteiger charge is -2.16. The van der Waals surface area contributed by atoms with Crippen molar-refractivity contribution in [2.45, 2.75) is 19.1 Å². The van der Waals surface area contributed by atoms with Crippen LogP contribution in [0.5, 0.6) is 5.75 Å². The van der Waals surface area contributed by atoms with Crippen LogP contribution in [-0.4, -0.2) is 50.4 Å². The number of nitrogens with one attached hydrogen (secondary N) is 1. The first kappa shape index (κ1) is 23.3. The van der Waals surface area contributed by atoms with Gasteiger partial charge in [0.15, 0.2) is 0 Å². The standard InChI is InChI=1S/C25H26ClN3O3S/c1-29(2)15-18-8-9-19(31-3)12-21(18)16-4-6-17(7-5-16)22-13-20(32-28-22)14-27-25(30)23-10-11-24(26)33-23/h4-12,20H,13-15H2,1-3H3,(H,27,30). The van der Waals surface area contributed by atoms with Gasteiger partial charge in [-0.1, -0.05) is 47.1 Å². The molecule has 3 aromatic rings. The van der Waals surface area contributed by atoms with Gasteiger partial charge in [-0.25, -0.2) is 0 Å². The van der Waals surface area contributed by atoms with Crippen LogP contribution in [0.4, 0.5) is 0 Å². The number of methoxy groups -OCH3 is 1. The van der Waals surface area contributed by atoms with E-state index < -0.39 is 0 Å². The molecule has 1 aliphatic rings. The van der Waals surface area contributed by atoms with Crippen LogP contribution in [0.15, 0.2) is 59.8 Å². The Labute approximate surface area is 202 Å². The molecule has 1 unspecified atom stereocenters. The minimum Gasteiger partial charge on any atom is -0.497 e. The van der Waals surface area contributed by atoms with Crippen LogP contribution in [0.2, 0.25) is 4.34 Å². The lowest BCUT2D eigenvalue weighted by atomic mass is 9.96. The number of thiophene rings is 1. The molecule has 33 heavy (non-hydrogen) atoms. The number of carbonyl (C=O) groups excluding carboxylic acids is 1. The molecule has 0 saturated heterocycles. The second-order valence-electron chi connectivity index (χ2n) is 8.12. The van der Waals surface area contributed by atoms with Gasteiger partial charge in [0.1, 0.15) is 11.9 Å². The first-order chi connectivity index (χ1) is 15.9. The monoisotopic (exact) mass is 483 g/mol. The Morgan fingerprint density at radius 3 is 2.61 bits per heavy atom. The summed E-state index contributed by atoms with van der Waals surface area (Å²) in [6.45, 7) is 1.23. The minimum atomic E-state index is -0.191. The van der Waals surface area contributed by atoms with E-state index in [0.717, 1.165) is 34.7 Å². The molecule has 0 saturated carbocycles. The highest BCUT2D eigenvalue weighted by atomic mass is 35.5. The van der Waals surface area contributed by atoms with E-state index in [1.54, 1.807) is 19.2 Å². The summed E-state index contributed by atoms with van der Waals surface area (Å²) in [6.07, 6.45) is 0.444. The number of benzene rings is 2. The molecule has 0 spiro atoms. The zero-order valence-electron chi connectivity index (χ0n) is 18.8. The Morgan fingerprint density at radius 1 is 1.18 bits per heavy atom. The minimum absolute atomic E-state index is 0.153. The lowest BCUT2D eigenvalue weighted by Crippen LogP contribution is -2.31. The quantitative estimate of drug-likeness (QED) is 0.486. The number of oxime groups is 1. The predicted molar refractivity (Wildman–Crippen MR) is 134 cm³/mol. The summed E-state index contributed by atoms with van der Waals surface area (Å²) in [7, 11) is 5.80. The average Bonchev–Trinajstić information content (AvgIpc) is 3.47. The zero-order chi connectivity index (χ0) is 23.4. The number of hydrogen-bond acceptors (Lipinski definition) is 6. The number of amides is 1. The van der Waals surface area contributed by atoms with E-state index in [-0.39, 0.29) is 12.0 Å². The topological polar surface area (TPSA) is 63.2 Å². The van der Waals surface area contributed by atoms with Gasteiger partial charge in [-0.15, -0.1) is 11.3 Å². The van der Waals surface area contributed by atoms with Crippen LogP contribution in [-0.2, 0) is 11.4 Å². The Morgan fingerprint density at radius 2 is 1.94 bits per heavy atom. The van der Waals surface area contributed by atoms with Gasteiger partial charge in [0.25, 0.3) is 5.91 Å². The molecule has 1 N–H and O–H groups in total. The van der Waals surface area contributed by atoms with Crippen LogP contribution in [0.3, 0.4) is 0 Å². The largest absolute Gasteiger partial charge is 0.497 e. The van der Waals surface area contributed by atoms with Crippen molar-refractivity contribution in [3.05, 3.63) is 74.9 Å². The van der Waals surface area contributed by atoms with E-state index in [1.165, 1.54) is 16.9 Å². The van der Waals surface area contributed by atoms with Crippen LogP contribution in [0, 0.1) is 0 Å². The smallest absolute Gasteiger partial charge is 0.261 e. The van der Waals surface area contributed by atoms with Gasteiger partial charge in [0, 0.05) is 13.0 Å². The third-order valence-electron chi connectivity index (χ3n) is 5.35. The van der Waals surface area contributed by atoms with Gasteiger partial charge in [0.05, 0.1) is 28.6 Å².